The van der Waals surface area contributed by atoms with Gasteiger partial charge in [-0.2, -0.15) is 0 Å². The Kier molecular flexibility index (Phi) is 7.63. The largest absolute Gasteiger partial charge is 0.379 e. The van der Waals surface area contributed by atoms with E-state index in [2.05, 4.69) is 33.5 Å². The first kappa shape index (κ1) is 24.7. The van der Waals surface area contributed by atoms with Crippen LogP contribution in [0.2, 0.25) is 0 Å². The van der Waals surface area contributed by atoms with Crippen LogP contribution < -0.4 is 10.6 Å². The van der Waals surface area contributed by atoms with Crippen molar-refractivity contribution in [3.63, 3.8) is 0 Å². The Balaban J connectivity index is 1.33. The third-order valence-corrected chi connectivity index (χ3v) is 6.79. The van der Waals surface area contributed by atoms with E-state index >= 15 is 0 Å². The Morgan fingerprint density at radius 1 is 0.946 bits per heavy atom. The van der Waals surface area contributed by atoms with Gasteiger partial charge in [0, 0.05) is 47.1 Å². The van der Waals surface area contributed by atoms with Gasteiger partial charge in [-0.1, -0.05) is 55.5 Å². The Morgan fingerprint density at radius 2 is 1.68 bits per heavy atom. The van der Waals surface area contributed by atoms with Crippen molar-refractivity contribution in [2.75, 3.05) is 43.5 Å². The minimum absolute atomic E-state index is 0.00593. The second-order valence-electron chi connectivity index (χ2n) is 9.26. The maximum absolute atomic E-state index is 13.9. The SMILES string of the molecule is CCc1cccc2c(C(=O)[C@H](Nc3ccc(NC(=O)CN4CCOCC4)cc3)c3ccccc3)c[nH]c12. The topological polar surface area (TPSA) is 86.5 Å². The number of morpholine rings is 1. The van der Waals surface area contributed by atoms with E-state index in [1.807, 2.05) is 72.9 Å². The number of anilines is 2. The monoisotopic (exact) mass is 496 g/mol. The second-order valence-corrected chi connectivity index (χ2v) is 9.26. The number of hydrogen-bond donors (Lipinski definition) is 3. The Hall–Kier alpha value is -3.94. The summed E-state index contributed by atoms with van der Waals surface area (Å²) < 4.78 is 5.34. The van der Waals surface area contributed by atoms with Crippen molar-refractivity contribution in [3.05, 3.63) is 95.7 Å². The van der Waals surface area contributed by atoms with Crippen LogP contribution >= 0.6 is 0 Å². The van der Waals surface area contributed by atoms with Crippen molar-refractivity contribution in [1.82, 2.24) is 9.88 Å². The molecular formula is C30H32N4O3. The average molecular weight is 497 g/mol. The number of carbonyl (C=O) groups is 2. The Labute approximate surface area is 216 Å². The van der Waals surface area contributed by atoms with Gasteiger partial charge in [-0.15, -0.1) is 0 Å². The highest BCUT2D eigenvalue weighted by atomic mass is 16.5. The summed E-state index contributed by atoms with van der Waals surface area (Å²) in [6.45, 7) is 5.31. The van der Waals surface area contributed by atoms with E-state index in [1.165, 1.54) is 5.56 Å². The zero-order valence-corrected chi connectivity index (χ0v) is 21.0. The van der Waals surface area contributed by atoms with Crippen molar-refractivity contribution in [3.8, 4) is 0 Å². The summed E-state index contributed by atoms with van der Waals surface area (Å²) in [4.78, 5) is 31.7. The number of aromatic amines is 1. The van der Waals surface area contributed by atoms with Crippen LogP contribution in [0, 0.1) is 0 Å². The molecule has 1 amide bonds. The smallest absolute Gasteiger partial charge is 0.238 e. The first-order chi connectivity index (χ1) is 18.1. The van der Waals surface area contributed by atoms with E-state index in [0.717, 1.165) is 47.4 Å². The predicted molar refractivity (Wildman–Crippen MR) is 147 cm³/mol. The number of aryl methyl sites for hydroxylation is 1. The summed E-state index contributed by atoms with van der Waals surface area (Å²) >= 11 is 0. The highest BCUT2D eigenvalue weighted by Crippen LogP contribution is 2.29. The first-order valence-electron chi connectivity index (χ1n) is 12.8. The van der Waals surface area contributed by atoms with Gasteiger partial charge < -0.3 is 20.4 Å². The van der Waals surface area contributed by atoms with Gasteiger partial charge >= 0.3 is 0 Å². The van der Waals surface area contributed by atoms with Crippen LogP contribution in [0.3, 0.4) is 0 Å². The van der Waals surface area contributed by atoms with Crippen molar-refractivity contribution >= 4 is 34.0 Å². The quantitative estimate of drug-likeness (QED) is 0.283. The molecule has 190 valence electrons. The van der Waals surface area contributed by atoms with E-state index < -0.39 is 6.04 Å². The molecule has 1 atom stereocenters. The van der Waals surface area contributed by atoms with Gasteiger partial charge in [0.25, 0.3) is 0 Å². The summed E-state index contributed by atoms with van der Waals surface area (Å²) in [5, 5.41) is 7.32. The molecule has 7 nitrogen and oxygen atoms in total. The van der Waals surface area contributed by atoms with E-state index in [9.17, 15) is 9.59 Å². The zero-order chi connectivity index (χ0) is 25.6. The summed E-state index contributed by atoms with van der Waals surface area (Å²) in [7, 11) is 0. The predicted octanol–water partition coefficient (Wildman–Crippen LogP) is 5.04. The number of fused-ring (bicyclic) bond motifs is 1. The molecule has 0 radical (unpaired) electrons. The van der Waals surface area contributed by atoms with Gasteiger partial charge in [0.1, 0.15) is 6.04 Å². The minimum Gasteiger partial charge on any atom is -0.379 e. The lowest BCUT2D eigenvalue weighted by Crippen LogP contribution is -2.41. The molecule has 1 aliphatic rings. The van der Waals surface area contributed by atoms with Crippen molar-refractivity contribution in [2.45, 2.75) is 19.4 Å². The number of hydrogen-bond acceptors (Lipinski definition) is 5. The molecule has 5 rings (SSSR count). The lowest BCUT2D eigenvalue weighted by atomic mass is 9.96. The third-order valence-electron chi connectivity index (χ3n) is 6.79. The Bertz CT molecular complexity index is 1360. The minimum atomic E-state index is -0.563. The van der Waals surface area contributed by atoms with Crippen LogP contribution in [0.25, 0.3) is 10.9 Å². The van der Waals surface area contributed by atoms with Crippen molar-refractivity contribution in [1.29, 1.82) is 0 Å². The maximum atomic E-state index is 13.9. The van der Waals surface area contributed by atoms with Gasteiger partial charge in [-0.25, -0.2) is 0 Å². The number of Topliss-reactive ketones (excluding diaryl/α,β-unsaturated/α-hetero) is 1. The highest BCUT2D eigenvalue weighted by molar-refractivity contribution is 6.12. The van der Waals surface area contributed by atoms with Gasteiger partial charge in [0.2, 0.25) is 5.91 Å². The normalized spacial score (nSPS) is 14.8. The number of benzene rings is 3. The molecule has 7 heteroatoms. The van der Waals surface area contributed by atoms with E-state index in [0.29, 0.717) is 25.3 Å². The Morgan fingerprint density at radius 3 is 2.41 bits per heavy atom. The van der Waals surface area contributed by atoms with Crippen LogP contribution in [0.15, 0.2) is 79.0 Å². The zero-order valence-electron chi connectivity index (χ0n) is 21.0. The average Bonchev–Trinajstić information content (AvgIpc) is 3.38. The molecule has 37 heavy (non-hydrogen) atoms. The molecule has 0 bridgehead atoms. The molecule has 3 N–H and O–H groups in total. The number of amides is 1. The van der Waals surface area contributed by atoms with Crippen LogP contribution in [0.4, 0.5) is 11.4 Å². The van der Waals surface area contributed by atoms with Crippen molar-refractivity contribution in [2.24, 2.45) is 0 Å². The second kappa shape index (κ2) is 11.4. The number of nitrogens with one attached hydrogen (secondary N) is 3. The number of rotatable bonds is 9. The fourth-order valence-electron chi connectivity index (χ4n) is 4.80. The molecule has 0 unspecified atom stereocenters. The molecule has 1 saturated heterocycles. The van der Waals surface area contributed by atoms with Gasteiger partial charge in [0.15, 0.2) is 5.78 Å². The number of ether oxygens (including phenoxy) is 1. The maximum Gasteiger partial charge on any atom is 0.238 e. The van der Waals surface area contributed by atoms with Gasteiger partial charge in [-0.3, -0.25) is 14.5 Å². The fourth-order valence-corrected chi connectivity index (χ4v) is 4.80. The third kappa shape index (κ3) is 5.74. The highest BCUT2D eigenvalue weighted by Gasteiger charge is 2.25. The number of para-hydroxylation sites is 1. The molecule has 2 heterocycles. The standard InChI is InChI=1S/C30H32N4O3/c1-2-21-9-6-10-25-26(19-31-28(21)25)30(36)29(22-7-4-3-5-8-22)33-24-13-11-23(12-14-24)32-27(35)20-34-15-17-37-18-16-34/h3-14,19,29,31,33H,2,15-18,20H2,1H3,(H,32,35)/t29-/m1/s1. The summed E-state index contributed by atoms with van der Waals surface area (Å²) in [5.41, 5.74) is 5.26. The van der Waals surface area contributed by atoms with Crippen LogP contribution in [-0.4, -0.2) is 54.4 Å². The van der Waals surface area contributed by atoms with Gasteiger partial charge in [0.05, 0.1) is 19.8 Å². The molecule has 1 aliphatic heterocycles. The first-order valence-corrected chi connectivity index (χ1v) is 12.8. The number of aromatic nitrogens is 1. The fraction of sp³-hybridized carbons (Fsp3) is 0.267. The molecule has 3 aromatic carbocycles. The molecule has 4 aromatic rings. The summed E-state index contributed by atoms with van der Waals surface area (Å²) in [6.07, 6.45) is 2.71. The van der Waals surface area contributed by atoms with E-state index in [-0.39, 0.29) is 11.7 Å². The molecule has 1 aromatic heterocycles. The molecule has 0 aliphatic carbocycles. The summed E-state index contributed by atoms with van der Waals surface area (Å²) in [6, 6.07) is 22.7. The number of carbonyl (C=O) groups excluding carboxylic acids is 2. The molecule has 0 saturated carbocycles. The lowest BCUT2D eigenvalue weighted by Gasteiger charge is -2.25. The number of nitrogens with zero attached hydrogens (tertiary/aromatic N) is 1. The molecular weight excluding hydrogens is 464 g/mol. The van der Waals surface area contributed by atoms with Crippen LogP contribution in [0.1, 0.15) is 34.5 Å². The number of H-pyrrole nitrogens is 1. The molecule has 1 fully saturated rings. The number of ketones is 1. The van der Waals surface area contributed by atoms with E-state index in [4.69, 9.17) is 4.74 Å². The van der Waals surface area contributed by atoms with Crippen LogP contribution in [0.5, 0.6) is 0 Å². The van der Waals surface area contributed by atoms with Gasteiger partial charge in [-0.05, 0) is 41.8 Å². The summed E-state index contributed by atoms with van der Waals surface area (Å²) in [5.74, 6) is -0.0562. The lowest BCUT2D eigenvalue weighted by molar-refractivity contribution is -0.118. The van der Waals surface area contributed by atoms with Crippen molar-refractivity contribution < 1.29 is 14.3 Å². The van der Waals surface area contributed by atoms with Crippen LogP contribution in [-0.2, 0) is 16.0 Å². The molecule has 0 spiro atoms. The van der Waals surface area contributed by atoms with E-state index in [1.54, 1.807) is 0 Å².